The molecule has 2 heterocycles. The first-order valence-electron chi connectivity index (χ1n) is 10.5. The van der Waals surface area contributed by atoms with Crippen LogP contribution in [0.15, 0.2) is 80.6 Å². The van der Waals surface area contributed by atoms with Crippen molar-refractivity contribution in [3.63, 3.8) is 0 Å². The lowest BCUT2D eigenvalue weighted by atomic mass is 10.1. The number of nitrogens with one attached hydrogen (secondary N) is 1. The van der Waals surface area contributed by atoms with Crippen molar-refractivity contribution in [2.24, 2.45) is 10.7 Å². The maximum Gasteiger partial charge on any atom is 0.292 e. The molecule has 5 rings (SSSR count). The molecule has 170 valence electrons. The van der Waals surface area contributed by atoms with Gasteiger partial charge >= 0.3 is 0 Å². The van der Waals surface area contributed by atoms with Crippen LogP contribution in [-0.2, 0) is 4.79 Å². The summed E-state index contributed by atoms with van der Waals surface area (Å²) in [4.78, 5) is 21.0. The van der Waals surface area contributed by atoms with Crippen molar-refractivity contribution >= 4 is 45.4 Å². The number of amides is 1. The Kier molecular flexibility index (Phi) is 5.52. The Morgan fingerprint density at radius 2 is 1.88 bits per heavy atom. The van der Waals surface area contributed by atoms with E-state index in [2.05, 4.69) is 10.3 Å². The number of fused-ring (bicyclic) bond motifs is 2. The normalized spacial score (nSPS) is 11.9. The first-order valence-corrected chi connectivity index (χ1v) is 10.5. The van der Waals surface area contributed by atoms with Gasteiger partial charge in [0.2, 0.25) is 5.91 Å². The molecule has 0 atom stereocenters. The van der Waals surface area contributed by atoms with Gasteiger partial charge in [0.1, 0.15) is 22.7 Å². The molecule has 0 fully saturated rings. The average molecular weight is 457 g/mol. The predicted octanol–water partition coefficient (Wildman–Crippen LogP) is 4.48. The Hall–Kier alpha value is -4.50. The first kappa shape index (κ1) is 21.4. The minimum Gasteiger partial charge on any atom is -0.456 e. The zero-order valence-corrected chi connectivity index (χ0v) is 17.9. The summed E-state index contributed by atoms with van der Waals surface area (Å²) in [7, 11) is 0. The Morgan fingerprint density at radius 1 is 1.03 bits per heavy atom. The highest BCUT2D eigenvalue weighted by Gasteiger charge is 2.11. The van der Waals surface area contributed by atoms with Gasteiger partial charge in [-0.05, 0) is 48.5 Å². The molecular formula is C25H20FN5O3. The molecule has 1 amide bonds. The van der Waals surface area contributed by atoms with Gasteiger partial charge in [-0.2, -0.15) is 4.98 Å². The predicted molar refractivity (Wildman–Crippen MR) is 128 cm³/mol. The van der Waals surface area contributed by atoms with E-state index in [-0.39, 0.29) is 24.9 Å². The molecule has 8 nitrogen and oxygen atoms in total. The van der Waals surface area contributed by atoms with E-state index in [4.69, 9.17) is 25.3 Å². The summed E-state index contributed by atoms with van der Waals surface area (Å²) in [6, 6.07) is 18.5. The molecule has 5 aromatic rings. The second kappa shape index (κ2) is 8.80. The monoisotopic (exact) mass is 457 g/mol. The summed E-state index contributed by atoms with van der Waals surface area (Å²) in [6.07, 6.45) is 0.186. The number of para-hydroxylation sites is 2. The maximum atomic E-state index is 14.1. The summed E-state index contributed by atoms with van der Waals surface area (Å²) in [5.41, 5.74) is 14.4. The lowest BCUT2D eigenvalue weighted by Gasteiger charge is -2.09. The largest absolute Gasteiger partial charge is 0.456 e. The van der Waals surface area contributed by atoms with E-state index in [1.807, 2.05) is 6.07 Å². The Balaban J connectivity index is 1.69. The molecule has 5 N–H and O–H groups in total. The van der Waals surface area contributed by atoms with Gasteiger partial charge in [0, 0.05) is 30.0 Å². The van der Waals surface area contributed by atoms with Crippen LogP contribution in [-0.4, -0.2) is 17.4 Å². The van der Waals surface area contributed by atoms with Crippen LogP contribution >= 0.6 is 0 Å². The van der Waals surface area contributed by atoms with Crippen molar-refractivity contribution < 1.29 is 18.0 Å². The molecule has 9 heteroatoms. The average Bonchev–Trinajstić information content (AvgIpc) is 3.20. The van der Waals surface area contributed by atoms with E-state index >= 15 is 0 Å². The van der Waals surface area contributed by atoms with Gasteiger partial charge in [0.15, 0.2) is 5.58 Å². The van der Waals surface area contributed by atoms with Crippen LogP contribution in [0.3, 0.4) is 0 Å². The van der Waals surface area contributed by atoms with Crippen LogP contribution in [0, 0.1) is 5.82 Å². The standard InChI is InChI=1S/C25H20FN5O3/c26-15-6-8-21-16(12-15)20(29-17-3-1-2-4-18(17)30-24(32)9-10-27)13-22(33-21)14-5-7-19-23(11-14)34-25(28)31-19/h1-8,11-13H,9-10,27H2,(H2,28,31)(H,30,32). The quantitative estimate of drug-likeness (QED) is 0.356. The molecular weight excluding hydrogens is 437 g/mol. The highest BCUT2D eigenvalue weighted by atomic mass is 19.1. The number of carbonyl (C=O) groups excluding carboxylic acids is 1. The van der Waals surface area contributed by atoms with E-state index in [9.17, 15) is 9.18 Å². The van der Waals surface area contributed by atoms with Crippen molar-refractivity contribution in [3.8, 4) is 11.3 Å². The van der Waals surface area contributed by atoms with Crippen molar-refractivity contribution in [1.82, 2.24) is 4.98 Å². The number of rotatable bonds is 5. The topological polar surface area (TPSA) is 133 Å². The number of anilines is 2. The third-order valence-electron chi connectivity index (χ3n) is 5.19. The highest BCUT2D eigenvalue weighted by Crippen LogP contribution is 2.28. The minimum atomic E-state index is -0.421. The fraction of sp³-hybridized carbons (Fsp3) is 0.0800. The highest BCUT2D eigenvalue weighted by molar-refractivity contribution is 5.93. The van der Waals surface area contributed by atoms with Crippen LogP contribution in [0.25, 0.3) is 33.4 Å². The van der Waals surface area contributed by atoms with Gasteiger partial charge in [-0.25, -0.2) is 9.38 Å². The third-order valence-corrected chi connectivity index (χ3v) is 5.19. The summed E-state index contributed by atoms with van der Waals surface area (Å²) in [6.45, 7) is 0.236. The van der Waals surface area contributed by atoms with Gasteiger partial charge in [0.25, 0.3) is 6.01 Å². The number of nitrogen functional groups attached to an aromatic ring is 1. The number of benzene rings is 3. The van der Waals surface area contributed by atoms with Crippen LogP contribution in [0.4, 0.5) is 21.8 Å². The number of hydrogen-bond acceptors (Lipinski definition) is 7. The van der Waals surface area contributed by atoms with Crippen LogP contribution in [0.1, 0.15) is 6.42 Å². The molecule has 34 heavy (non-hydrogen) atoms. The molecule has 0 unspecified atom stereocenters. The molecule has 0 saturated heterocycles. The van der Waals surface area contributed by atoms with Crippen molar-refractivity contribution in [2.45, 2.75) is 6.42 Å². The number of halogens is 1. The smallest absolute Gasteiger partial charge is 0.292 e. The van der Waals surface area contributed by atoms with Crippen LogP contribution in [0.2, 0.25) is 0 Å². The molecule has 0 radical (unpaired) electrons. The molecule has 3 aromatic carbocycles. The van der Waals surface area contributed by atoms with Crippen LogP contribution < -0.4 is 22.1 Å². The molecule has 0 aliphatic carbocycles. The Morgan fingerprint density at radius 3 is 2.74 bits per heavy atom. The fourth-order valence-corrected chi connectivity index (χ4v) is 3.62. The number of aromatic nitrogens is 1. The van der Waals surface area contributed by atoms with Crippen molar-refractivity contribution in [1.29, 1.82) is 0 Å². The third kappa shape index (κ3) is 4.24. The number of hydrogen-bond donors (Lipinski definition) is 3. The van der Waals surface area contributed by atoms with E-state index in [0.29, 0.717) is 50.1 Å². The summed E-state index contributed by atoms with van der Waals surface area (Å²) >= 11 is 0. The van der Waals surface area contributed by atoms with Gasteiger partial charge in [-0.15, -0.1) is 0 Å². The van der Waals surface area contributed by atoms with Gasteiger partial charge in [-0.1, -0.05) is 12.1 Å². The minimum absolute atomic E-state index is 0.0713. The van der Waals surface area contributed by atoms with E-state index < -0.39 is 5.82 Å². The first-order chi connectivity index (χ1) is 16.5. The second-order valence-corrected chi connectivity index (χ2v) is 7.59. The molecule has 0 bridgehead atoms. The second-order valence-electron chi connectivity index (χ2n) is 7.59. The van der Waals surface area contributed by atoms with E-state index in [0.717, 1.165) is 0 Å². The van der Waals surface area contributed by atoms with Gasteiger partial charge in [0.05, 0.1) is 16.7 Å². The fourth-order valence-electron chi connectivity index (χ4n) is 3.62. The summed E-state index contributed by atoms with van der Waals surface area (Å²) < 4.78 is 25.6. The van der Waals surface area contributed by atoms with E-state index in [1.54, 1.807) is 48.5 Å². The molecule has 0 aliphatic rings. The summed E-state index contributed by atoms with van der Waals surface area (Å²) in [5, 5.41) is 3.77. The molecule has 0 spiro atoms. The number of nitrogens with two attached hydrogens (primary N) is 2. The lowest BCUT2D eigenvalue weighted by molar-refractivity contribution is -0.116. The Bertz CT molecular complexity index is 1610. The molecule has 0 aliphatic heterocycles. The van der Waals surface area contributed by atoms with Gasteiger partial charge in [-0.3, -0.25) is 4.79 Å². The van der Waals surface area contributed by atoms with Gasteiger partial charge < -0.3 is 25.6 Å². The zero-order valence-electron chi connectivity index (χ0n) is 17.9. The summed E-state index contributed by atoms with van der Waals surface area (Å²) in [5.74, 6) is -0.154. The SMILES string of the molecule is NCCC(=O)Nc1ccccc1N=c1cc(-c2ccc3nc(N)oc3c2)oc2ccc(F)cc12. The van der Waals surface area contributed by atoms with Crippen LogP contribution in [0.5, 0.6) is 0 Å². The molecule has 2 aromatic heterocycles. The Labute approximate surface area is 192 Å². The van der Waals surface area contributed by atoms with E-state index in [1.165, 1.54) is 12.1 Å². The number of oxazole rings is 1. The number of carbonyl (C=O) groups is 1. The maximum absolute atomic E-state index is 14.1. The lowest BCUT2D eigenvalue weighted by Crippen LogP contribution is -2.16. The molecule has 0 saturated carbocycles. The van der Waals surface area contributed by atoms with Crippen molar-refractivity contribution in [3.05, 3.63) is 77.9 Å². The van der Waals surface area contributed by atoms with Crippen molar-refractivity contribution in [2.75, 3.05) is 17.6 Å². The number of nitrogens with zero attached hydrogens (tertiary/aromatic N) is 2. The zero-order chi connectivity index (χ0) is 23.7.